The second-order valence-corrected chi connectivity index (χ2v) is 10.7. The van der Waals surface area contributed by atoms with Gasteiger partial charge >= 0.3 is 22.9 Å². The van der Waals surface area contributed by atoms with Crippen LogP contribution in [0.2, 0.25) is 0 Å². The maximum Gasteiger partial charge on any atom is 0.367 e. The summed E-state index contributed by atoms with van der Waals surface area (Å²) in [7, 11) is -6.09. The van der Waals surface area contributed by atoms with Gasteiger partial charge in [-0.15, -0.1) is 0 Å². The van der Waals surface area contributed by atoms with Crippen LogP contribution in [0.25, 0.3) is 0 Å². The van der Waals surface area contributed by atoms with Crippen LogP contribution in [0.5, 0.6) is 5.75 Å². The molecule has 0 aliphatic carbocycles. The van der Waals surface area contributed by atoms with Crippen LogP contribution >= 0.6 is 67.8 Å². The van der Waals surface area contributed by atoms with Crippen molar-refractivity contribution in [3.05, 3.63) is 62.3 Å². The Hall–Kier alpha value is -1.26. The number of hydrogen-bond donors (Lipinski definition) is 0. The van der Waals surface area contributed by atoms with Gasteiger partial charge in [-0.1, -0.05) is 0 Å². The number of ether oxygens (including phenoxy) is 2. The van der Waals surface area contributed by atoms with E-state index in [0.717, 1.165) is 12.1 Å². The molecule has 0 saturated carbocycles. The van der Waals surface area contributed by atoms with Crippen molar-refractivity contribution in [2.75, 3.05) is 6.61 Å². The summed E-state index contributed by atoms with van der Waals surface area (Å²) < 4.78 is 68.9. The largest absolute Gasteiger partial charge is 0.743 e. The third-order valence-electron chi connectivity index (χ3n) is 3.54. The van der Waals surface area contributed by atoms with Crippen molar-refractivity contribution in [1.82, 2.24) is 0 Å². The molecule has 0 atom stereocenters. The number of esters is 2. The maximum atomic E-state index is 13.2. The normalized spacial score (nSPS) is 11.7. The molecule has 0 N–H and O–H groups in total. The minimum absolute atomic E-state index is 0.0875. The summed E-state index contributed by atoms with van der Waals surface area (Å²) in [5.41, 5.74) is -1.19. The molecule has 172 valence electrons. The van der Waals surface area contributed by atoms with Crippen molar-refractivity contribution >= 4 is 95.5 Å². The van der Waals surface area contributed by atoms with Crippen LogP contribution in [0.1, 0.15) is 20.7 Å². The quantitative estimate of drug-likeness (QED) is 0.0771. The monoisotopic (exact) mass is 808 g/mol. The zero-order valence-electron chi connectivity index (χ0n) is 15.0. The van der Waals surface area contributed by atoms with Crippen LogP contribution in [0.3, 0.4) is 0 Å². The number of carbonyl (C=O) groups is 2. The van der Waals surface area contributed by atoms with Crippen LogP contribution in [-0.4, -0.2) is 41.7 Å². The van der Waals surface area contributed by atoms with Crippen LogP contribution < -0.4 is 4.74 Å². The lowest BCUT2D eigenvalue weighted by molar-refractivity contribution is -0.385. The number of carbonyl (C=O) groups excluding carboxylic acids is 2. The van der Waals surface area contributed by atoms with Gasteiger partial charge in [-0.2, -0.15) is 8.78 Å². The van der Waals surface area contributed by atoms with Gasteiger partial charge < -0.3 is 14.0 Å². The molecule has 0 saturated heterocycles. The number of benzene rings is 2. The Balaban J connectivity index is 2.35. The number of hydrogen-bond acceptors (Lipinski definition) is 9. The zero-order valence-corrected chi connectivity index (χ0v) is 22.3. The Morgan fingerprint density at radius 3 is 2.28 bits per heavy atom. The molecule has 32 heavy (non-hydrogen) atoms. The van der Waals surface area contributed by atoms with E-state index in [9.17, 15) is 41.5 Å². The molecule has 0 aliphatic rings. The fourth-order valence-electron chi connectivity index (χ4n) is 2.04. The maximum absolute atomic E-state index is 13.2. The van der Waals surface area contributed by atoms with Crippen LogP contribution in [-0.2, 0) is 14.9 Å². The molecule has 0 spiro atoms. The van der Waals surface area contributed by atoms with Gasteiger partial charge in [0.05, 0.1) is 16.1 Å². The van der Waals surface area contributed by atoms with E-state index < -0.39 is 55.8 Å². The molecule has 0 fully saturated rings. The fraction of sp³-hybridized carbons (Fsp3) is 0.125. The Kier molecular flexibility index (Phi) is 8.72. The van der Waals surface area contributed by atoms with Gasteiger partial charge in [0.15, 0.2) is 16.7 Å². The highest BCUT2D eigenvalue weighted by molar-refractivity contribution is 14.1. The Morgan fingerprint density at radius 1 is 1.09 bits per heavy atom. The summed E-state index contributed by atoms with van der Waals surface area (Å²) in [5.74, 6) is -3.19. The summed E-state index contributed by atoms with van der Waals surface area (Å²) in [5, 5.41) is 6.38. The number of nitro benzene ring substituents is 1. The number of rotatable bonds is 7. The van der Waals surface area contributed by atoms with Crippen LogP contribution in [0.15, 0.2) is 30.3 Å². The molecule has 0 amide bonds. The lowest BCUT2D eigenvalue weighted by Gasteiger charge is -2.19. The summed E-state index contributed by atoms with van der Waals surface area (Å²) >= 11 is 5.81. The molecular formula is C16H7F2I3NO9S-. The molecule has 0 radical (unpaired) electrons. The first-order valence-electron chi connectivity index (χ1n) is 7.79. The predicted octanol–water partition coefficient (Wildman–Crippen LogP) is 3.92. The SMILES string of the molecule is O=C(OCC(F)(F)S(=O)(=O)[O-])c1ccc([N+](=O)[O-])c(OC(=O)c2cc(I)cc(I)c2I)c1. The first-order chi connectivity index (χ1) is 14.6. The third-order valence-corrected chi connectivity index (χ3v) is 8.06. The Labute approximate surface area is 219 Å². The van der Waals surface area contributed by atoms with E-state index >= 15 is 0 Å². The van der Waals surface area contributed by atoms with Gasteiger partial charge in [-0.25, -0.2) is 18.0 Å². The number of alkyl halides is 2. The lowest BCUT2D eigenvalue weighted by Crippen LogP contribution is -2.34. The second-order valence-electron chi connectivity index (χ2n) is 5.75. The van der Waals surface area contributed by atoms with Gasteiger partial charge in [0.2, 0.25) is 5.75 Å². The smallest absolute Gasteiger partial charge is 0.367 e. The topological polar surface area (TPSA) is 153 Å². The molecule has 0 unspecified atom stereocenters. The van der Waals surface area contributed by atoms with E-state index in [2.05, 4.69) is 4.74 Å². The Morgan fingerprint density at radius 2 is 1.72 bits per heavy atom. The highest BCUT2D eigenvalue weighted by atomic mass is 127. The molecule has 0 aromatic heterocycles. The van der Waals surface area contributed by atoms with Gasteiger partial charge in [0, 0.05) is 22.8 Å². The van der Waals surface area contributed by atoms with Crippen LogP contribution in [0.4, 0.5) is 14.5 Å². The summed E-state index contributed by atoms with van der Waals surface area (Å²) in [6.45, 7) is -2.07. The van der Waals surface area contributed by atoms with Gasteiger partial charge in [0.1, 0.15) is 0 Å². The zero-order chi connectivity index (χ0) is 24.4. The lowest BCUT2D eigenvalue weighted by atomic mass is 10.2. The number of nitro groups is 1. The van der Waals surface area contributed by atoms with E-state index in [1.807, 2.05) is 67.8 Å². The van der Waals surface area contributed by atoms with E-state index in [4.69, 9.17) is 4.74 Å². The average molecular weight is 808 g/mol. The average Bonchev–Trinajstić information content (AvgIpc) is 2.67. The van der Waals surface area contributed by atoms with Crippen molar-refractivity contribution in [3.8, 4) is 5.75 Å². The molecular weight excluding hydrogens is 801 g/mol. The molecule has 10 nitrogen and oxygen atoms in total. The van der Waals surface area contributed by atoms with Gasteiger partial charge in [0.25, 0.3) is 0 Å². The molecule has 2 aromatic rings. The number of nitrogens with zero attached hydrogens (tertiary/aromatic N) is 1. The highest BCUT2D eigenvalue weighted by Crippen LogP contribution is 2.31. The third kappa shape index (κ3) is 6.41. The second kappa shape index (κ2) is 10.3. The van der Waals surface area contributed by atoms with Crippen molar-refractivity contribution in [2.45, 2.75) is 5.25 Å². The fourth-order valence-corrected chi connectivity index (χ4v) is 4.62. The molecule has 0 aliphatic heterocycles. The number of halogens is 5. The van der Waals surface area contributed by atoms with E-state index in [1.54, 1.807) is 6.07 Å². The summed E-state index contributed by atoms with van der Waals surface area (Å²) in [4.78, 5) is 34.9. The minimum Gasteiger partial charge on any atom is -0.743 e. The molecule has 0 bridgehead atoms. The molecule has 16 heteroatoms. The standard InChI is InChI=1S/C16H8F2I3NO9S/c17-16(18,32(27,28)29)6-30-14(23)7-1-2-11(22(25)26)12(3-7)31-15(24)9-4-8(19)5-10(20)13(9)21/h1-5H,6H2,(H,27,28,29)/p-1. The highest BCUT2D eigenvalue weighted by Gasteiger charge is 2.39. The Bertz CT molecular complexity index is 1220. The summed E-state index contributed by atoms with van der Waals surface area (Å²) in [6, 6.07) is 5.54. The first-order valence-corrected chi connectivity index (χ1v) is 12.4. The van der Waals surface area contributed by atoms with E-state index in [0.29, 0.717) is 16.8 Å². The van der Waals surface area contributed by atoms with Crippen molar-refractivity contribution in [2.24, 2.45) is 0 Å². The van der Waals surface area contributed by atoms with Crippen molar-refractivity contribution < 1.29 is 45.7 Å². The minimum atomic E-state index is -6.09. The van der Waals surface area contributed by atoms with Gasteiger partial charge in [-0.3, -0.25) is 10.1 Å². The molecule has 2 aromatic carbocycles. The molecule has 2 rings (SSSR count). The van der Waals surface area contributed by atoms with Gasteiger partial charge in [-0.05, 0) is 86.0 Å². The van der Waals surface area contributed by atoms with E-state index in [-0.39, 0.29) is 5.56 Å². The molecule has 0 heterocycles. The summed E-state index contributed by atoms with van der Waals surface area (Å²) in [6.07, 6.45) is 0. The van der Waals surface area contributed by atoms with Crippen LogP contribution in [0, 0.1) is 20.8 Å². The predicted molar refractivity (Wildman–Crippen MR) is 128 cm³/mol. The van der Waals surface area contributed by atoms with Crippen molar-refractivity contribution in [1.29, 1.82) is 0 Å². The first kappa shape index (κ1) is 27.0. The van der Waals surface area contributed by atoms with Crippen molar-refractivity contribution in [3.63, 3.8) is 0 Å². The van der Waals surface area contributed by atoms with E-state index in [1.165, 1.54) is 6.07 Å².